The highest BCUT2D eigenvalue weighted by Crippen LogP contribution is 2.47. The van der Waals surface area contributed by atoms with Crippen molar-refractivity contribution in [3.05, 3.63) is 58.3 Å². The summed E-state index contributed by atoms with van der Waals surface area (Å²) in [5.74, 6) is 0.351. The molecule has 2 unspecified atom stereocenters. The van der Waals surface area contributed by atoms with Gasteiger partial charge in [-0.15, -0.1) is 0 Å². The summed E-state index contributed by atoms with van der Waals surface area (Å²) >= 11 is 0. The Hall–Kier alpha value is -3.58. The van der Waals surface area contributed by atoms with Crippen molar-refractivity contribution in [2.24, 2.45) is 7.05 Å². The molecule has 0 aliphatic carbocycles. The Morgan fingerprint density at radius 3 is 2.51 bits per heavy atom. The largest absolute Gasteiger partial charge is 0.496 e. The smallest absolute Gasteiger partial charge is 0.306 e. The Morgan fingerprint density at radius 2 is 1.86 bits per heavy atom. The Morgan fingerprint density at radius 1 is 1.17 bits per heavy atom. The van der Waals surface area contributed by atoms with Crippen molar-refractivity contribution in [3.8, 4) is 11.5 Å². The van der Waals surface area contributed by atoms with Crippen LogP contribution in [0.15, 0.2) is 47.3 Å². The van der Waals surface area contributed by atoms with Gasteiger partial charge in [0.2, 0.25) is 5.43 Å². The molecule has 0 saturated heterocycles. The van der Waals surface area contributed by atoms with Gasteiger partial charge in [0.15, 0.2) is 6.10 Å². The molecule has 5 rings (SSSR count). The minimum absolute atomic E-state index is 0.199. The number of aliphatic hydroxyl groups excluding tert-OH is 1. The number of carbonyl (C=O) groups is 1. The Labute approximate surface area is 202 Å². The summed E-state index contributed by atoms with van der Waals surface area (Å²) in [4.78, 5) is 26.2. The topological polar surface area (TPSA) is 87.0 Å². The van der Waals surface area contributed by atoms with E-state index in [1.54, 1.807) is 19.9 Å². The number of carbonyl (C=O) groups excluding carboxylic acids is 1. The van der Waals surface area contributed by atoms with Gasteiger partial charge in [-0.2, -0.15) is 0 Å². The highest BCUT2D eigenvalue weighted by atomic mass is 16.6. The molecule has 7 nitrogen and oxygen atoms in total. The molecule has 1 N–H and O–H groups in total. The molecule has 0 saturated carbocycles. The highest BCUT2D eigenvalue weighted by Gasteiger charge is 2.47. The maximum absolute atomic E-state index is 13.8. The number of aliphatic hydroxyl groups is 1. The summed E-state index contributed by atoms with van der Waals surface area (Å²) in [5, 5.41) is 14.4. The molecule has 4 aromatic rings. The number of nitrogens with zero attached hydrogens (tertiary/aromatic N) is 1. The van der Waals surface area contributed by atoms with E-state index in [0.717, 1.165) is 10.8 Å². The first-order chi connectivity index (χ1) is 16.7. The van der Waals surface area contributed by atoms with E-state index in [9.17, 15) is 14.7 Å². The van der Waals surface area contributed by atoms with E-state index >= 15 is 0 Å². The van der Waals surface area contributed by atoms with Crippen molar-refractivity contribution in [1.82, 2.24) is 4.57 Å². The Kier molecular flexibility index (Phi) is 5.48. The van der Waals surface area contributed by atoms with Crippen LogP contribution >= 0.6 is 0 Å². The normalized spacial score (nSPS) is 18.9. The molecule has 0 radical (unpaired) electrons. The first-order valence-corrected chi connectivity index (χ1v) is 11.8. The first-order valence-electron chi connectivity index (χ1n) is 11.8. The number of benzene rings is 3. The van der Waals surface area contributed by atoms with Gasteiger partial charge >= 0.3 is 5.97 Å². The van der Waals surface area contributed by atoms with Gasteiger partial charge in [-0.25, -0.2) is 0 Å². The monoisotopic (exact) mass is 475 g/mol. The summed E-state index contributed by atoms with van der Waals surface area (Å²) < 4.78 is 19.5. The van der Waals surface area contributed by atoms with Crippen molar-refractivity contribution >= 4 is 38.5 Å². The molecular formula is C28H29NO6. The van der Waals surface area contributed by atoms with E-state index in [1.165, 1.54) is 7.11 Å². The summed E-state index contributed by atoms with van der Waals surface area (Å²) in [7, 11) is 3.36. The number of hydrogen-bond acceptors (Lipinski definition) is 6. The zero-order chi connectivity index (χ0) is 25.1. The van der Waals surface area contributed by atoms with Gasteiger partial charge in [-0.1, -0.05) is 31.2 Å². The fraction of sp³-hybridized carbons (Fsp3) is 0.357. The predicted octanol–water partition coefficient (Wildman–Crippen LogP) is 4.77. The number of rotatable bonds is 4. The van der Waals surface area contributed by atoms with E-state index in [2.05, 4.69) is 0 Å². The molecule has 0 fully saturated rings. The number of aryl methyl sites for hydroxylation is 1. The summed E-state index contributed by atoms with van der Waals surface area (Å²) in [6.07, 6.45) is -1.28. The van der Waals surface area contributed by atoms with Crippen LogP contribution in [0.2, 0.25) is 0 Å². The van der Waals surface area contributed by atoms with Crippen LogP contribution in [-0.4, -0.2) is 34.5 Å². The van der Waals surface area contributed by atoms with Gasteiger partial charge in [-0.3, -0.25) is 9.59 Å². The van der Waals surface area contributed by atoms with Crippen LogP contribution in [0, 0.1) is 0 Å². The molecule has 0 spiro atoms. The fourth-order valence-corrected chi connectivity index (χ4v) is 5.16. The van der Waals surface area contributed by atoms with Crippen LogP contribution in [0.3, 0.4) is 0 Å². The van der Waals surface area contributed by atoms with E-state index < -0.39 is 23.8 Å². The zero-order valence-electron chi connectivity index (χ0n) is 20.5. The van der Waals surface area contributed by atoms with Gasteiger partial charge in [0.05, 0.1) is 29.1 Å². The van der Waals surface area contributed by atoms with Crippen LogP contribution in [0.25, 0.3) is 32.6 Å². The molecule has 2 heterocycles. The van der Waals surface area contributed by atoms with Gasteiger partial charge in [0, 0.05) is 24.9 Å². The lowest BCUT2D eigenvalue weighted by molar-refractivity contribution is -0.177. The standard InChI is InChI=1S/C28H29NO6/c1-6-9-21(30)34-27-26(32)23-20(35-28(27,2)3)14-19(33-5)22-24(23)29(4)18-13-16-11-8-7-10-15(16)12-17(18)25(22)31/h7-8,10-14,26-27,32H,6,9H2,1-5H3. The van der Waals surface area contributed by atoms with Crippen molar-refractivity contribution in [1.29, 1.82) is 0 Å². The predicted molar refractivity (Wildman–Crippen MR) is 135 cm³/mol. The lowest BCUT2D eigenvalue weighted by Gasteiger charge is -2.42. The maximum atomic E-state index is 13.8. The van der Waals surface area contributed by atoms with E-state index in [4.69, 9.17) is 14.2 Å². The molecule has 182 valence electrons. The van der Waals surface area contributed by atoms with Crippen molar-refractivity contribution in [3.63, 3.8) is 0 Å². The van der Waals surface area contributed by atoms with Gasteiger partial charge in [0.1, 0.15) is 23.2 Å². The second-order valence-electron chi connectivity index (χ2n) is 9.63. The molecular weight excluding hydrogens is 446 g/mol. The molecule has 35 heavy (non-hydrogen) atoms. The van der Waals surface area contributed by atoms with Gasteiger partial charge in [-0.05, 0) is 43.2 Å². The number of aromatic nitrogens is 1. The number of hydrogen-bond donors (Lipinski definition) is 1. The van der Waals surface area contributed by atoms with Crippen LogP contribution in [0.4, 0.5) is 0 Å². The van der Waals surface area contributed by atoms with E-state index in [-0.39, 0.29) is 11.8 Å². The summed E-state index contributed by atoms with van der Waals surface area (Å²) in [6.45, 7) is 5.43. The molecule has 1 aliphatic rings. The van der Waals surface area contributed by atoms with Crippen LogP contribution in [-0.2, 0) is 16.6 Å². The van der Waals surface area contributed by atoms with Crippen molar-refractivity contribution < 1.29 is 24.1 Å². The van der Waals surface area contributed by atoms with Crippen molar-refractivity contribution in [2.45, 2.75) is 51.4 Å². The SMILES string of the molecule is CCCC(=O)OC1C(O)c2c(cc(OC)c3c(=O)c4cc5ccccc5cc4n(C)c23)OC1(C)C. The lowest BCUT2D eigenvalue weighted by Crippen LogP contribution is -2.51. The average molecular weight is 476 g/mol. The molecule has 1 aliphatic heterocycles. The number of methoxy groups -OCH3 is 1. The molecule has 1 aromatic heterocycles. The molecule has 0 amide bonds. The fourth-order valence-electron chi connectivity index (χ4n) is 5.16. The third-order valence-electron chi connectivity index (χ3n) is 6.87. The first kappa shape index (κ1) is 23.2. The average Bonchev–Trinajstić information content (AvgIpc) is 2.83. The lowest BCUT2D eigenvalue weighted by atomic mass is 9.86. The summed E-state index contributed by atoms with van der Waals surface area (Å²) in [5.41, 5.74) is 0.416. The third-order valence-corrected chi connectivity index (χ3v) is 6.87. The van der Waals surface area contributed by atoms with Crippen LogP contribution in [0.5, 0.6) is 11.5 Å². The highest BCUT2D eigenvalue weighted by molar-refractivity contribution is 6.04. The second-order valence-corrected chi connectivity index (χ2v) is 9.63. The van der Waals surface area contributed by atoms with Crippen LogP contribution < -0.4 is 14.9 Å². The molecule has 0 bridgehead atoms. The molecule has 7 heteroatoms. The van der Waals surface area contributed by atoms with E-state index in [0.29, 0.717) is 45.3 Å². The number of fused-ring (bicyclic) bond motifs is 5. The Balaban J connectivity index is 1.86. The molecule has 2 atom stereocenters. The number of ether oxygens (including phenoxy) is 3. The zero-order valence-corrected chi connectivity index (χ0v) is 20.5. The third kappa shape index (κ3) is 3.53. The van der Waals surface area contributed by atoms with E-state index in [1.807, 2.05) is 54.9 Å². The van der Waals surface area contributed by atoms with Gasteiger partial charge < -0.3 is 23.9 Å². The number of esters is 1. The Bertz CT molecular complexity index is 1550. The second kappa shape index (κ2) is 8.27. The maximum Gasteiger partial charge on any atom is 0.306 e. The van der Waals surface area contributed by atoms with Crippen LogP contribution in [0.1, 0.15) is 45.3 Å². The minimum Gasteiger partial charge on any atom is -0.496 e. The molecule has 3 aromatic carbocycles. The number of pyridine rings is 1. The quantitative estimate of drug-likeness (QED) is 0.338. The summed E-state index contributed by atoms with van der Waals surface area (Å²) in [6, 6.07) is 13.3. The van der Waals surface area contributed by atoms with Crippen molar-refractivity contribution in [2.75, 3.05) is 7.11 Å². The van der Waals surface area contributed by atoms with Gasteiger partial charge in [0.25, 0.3) is 0 Å². The minimum atomic E-state index is -1.20.